The van der Waals surface area contributed by atoms with Crippen LogP contribution in [0.1, 0.15) is 26.3 Å². The second kappa shape index (κ2) is 9.74. The van der Waals surface area contributed by atoms with Crippen LogP contribution >= 0.6 is 45.2 Å². The molecule has 0 bridgehead atoms. The number of benzene rings is 2. The molecule has 8 nitrogen and oxygen atoms in total. The Morgan fingerprint density at radius 2 is 1.77 bits per heavy atom. The lowest BCUT2D eigenvalue weighted by atomic mass is 10.1. The number of carbonyl (C=O) groups is 2. The molecule has 0 amide bonds. The summed E-state index contributed by atoms with van der Waals surface area (Å²) in [4.78, 5) is 24.9. The predicted molar refractivity (Wildman–Crippen MR) is 122 cm³/mol. The van der Waals surface area contributed by atoms with Gasteiger partial charge in [-0.05, 0) is 75.0 Å². The number of halogens is 4. The third-order valence-corrected chi connectivity index (χ3v) is 5.94. The van der Waals surface area contributed by atoms with E-state index in [0.717, 1.165) is 0 Å². The predicted octanol–water partition coefficient (Wildman–Crippen LogP) is 4.10. The number of esters is 2. The standard InChI is InChI=1S/C18H12F2I2O8S/c1-2-9-3-4-14(23)11(5-9)17(25)30-15-12(6-10(21)7-13(15)22)16(24)29-8-18(19,20)31(26,27)28/h2-7,23H,1,8H2,(H,26,27,28). The minimum Gasteiger partial charge on any atom is -0.507 e. The summed E-state index contributed by atoms with van der Waals surface area (Å²) in [5, 5.41) is 5.20. The fourth-order valence-corrected chi connectivity index (χ4v) is 4.27. The fourth-order valence-electron chi connectivity index (χ4n) is 2.11. The molecule has 0 saturated carbocycles. The topological polar surface area (TPSA) is 127 Å². The van der Waals surface area contributed by atoms with Gasteiger partial charge in [0.25, 0.3) is 0 Å². The second-order valence-electron chi connectivity index (χ2n) is 5.82. The molecule has 0 aliphatic rings. The molecule has 0 aromatic heterocycles. The Labute approximate surface area is 202 Å². The zero-order valence-corrected chi connectivity index (χ0v) is 20.3. The highest BCUT2D eigenvalue weighted by Crippen LogP contribution is 2.32. The minimum absolute atomic E-state index is 0.228. The van der Waals surface area contributed by atoms with Crippen LogP contribution in [0.3, 0.4) is 0 Å². The molecule has 31 heavy (non-hydrogen) atoms. The van der Waals surface area contributed by atoms with Crippen molar-refractivity contribution in [1.29, 1.82) is 0 Å². The van der Waals surface area contributed by atoms with Crippen molar-refractivity contribution in [2.45, 2.75) is 5.25 Å². The Morgan fingerprint density at radius 1 is 1.13 bits per heavy atom. The lowest BCUT2D eigenvalue weighted by Gasteiger charge is -2.15. The SMILES string of the molecule is C=Cc1ccc(O)c(C(=O)Oc2c(I)cc(I)cc2C(=O)OCC(F)(F)S(=O)(=O)O)c1. The van der Waals surface area contributed by atoms with Gasteiger partial charge in [-0.25, -0.2) is 9.59 Å². The van der Waals surface area contributed by atoms with Crippen LogP contribution < -0.4 is 4.74 Å². The summed E-state index contributed by atoms with van der Waals surface area (Å²) in [6.07, 6.45) is 1.42. The Balaban J connectivity index is 2.38. The number of alkyl halides is 2. The van der Waals surface area contributed by atoms with Gasteiger partial charge < -0.3 is 14.6 Å². The lowest BCUT2D eigenvalue weighted by molar-refractivity contribution is -0.00969. The van der Waals surface area contributed by atoms with Crippen molar-refractivity contribution in [1.82, 2.24) is 0 Å². The van der Waals surface area contributed by atoms with Gasteiger partial charge in [-0.3, -0.25) is 4.55 Å². The molecule has 0 heterocycles. The van der Waals surface area contributed by atoms with Crippen molar-refractivity contribution in [2.75, 3.05) is 6.61 Å². The number of ether oxygens (including phenoxy) is 2. The van der Waals surface area contributed by atoms with E-state index in [0.29, 0.717) is 9.13 Å². The Bertz CT molecular complexity index is 1170. The van der Waals surface area contributed by atoms with Crippen molar-refractivity contribution in [3.8, 4) is 11.5 Å². The molecule has 2 rings (SSSR count). The van der Waals surface area contributed by atoms with Crippen molar-refractivity contribution < 1.29 is 45.9 Å². The fraction of sp³-hybridized carbons (Fsp3) is 0.111. The van der Waals surface area contributed by atoms with Crippen LogP contribution in [0.15, 0.2) is 36.9 Å². The molecule has 0 spiro atoms. The summed E-state index contributed by atoms with van der Waals surface area (Å²) in [5.74, 6) is -3.24. The van der Waals surface area contributed by atoms with Crippen molar-refractivity contribution in [3.05, 3.63) is 60.7 Å². The molecule has 0 saturated heterocycles. The van der Waals surface area contributed by atoms with Crippen molar-refractivity contribution in [3.63, 3.8) is 0 Å². The minimum atomic E-state index is -5.81. The maximum Gasteiger partial charge on any atom is 0.402 e. The highest BCUT2D eigenvalue weighted by Gasteiger charge is 2.45. The summed E-state index contributed by atoms with van der Waals surface area (Å²) in [6, 6.07) is 6.69. The van der Waals surface area contributed by atoms with Gasteiger partial charge in [0.05, 0.1) is 3.57 Å². The highest BCUT2D eigenvalue weighted by molar-refractivity contribution is 14.1. The normalized spacial score (nSPS) is 11.6. The maximum atomic E-state index is 13.4. The summed E-state index contributed by atoms with van der Waals surface area (Å²) >= 11 is 3.54. The van der Waals surface area contributed by atoms with E-state index in [1.165, 1.54) is 36.4 Å². The number of rotatable bonds is 7. The van der Waals surface area contributed by atoms with Gasteiger partial charge in [-0.1, -0.05) is 18.7 Å². The van der Waals surface area contributed by atoms with E-state index in [1.807, 2.05) is 22.6 Å². The van der Waals surface area contributed by atoms with Gasteiger partial charge in [0.15, 0.2) is 12.4 Å². The van der Waals surface area contributed by atoms with Crippen molar-refractivity contribution in [2.24, 2.45) is 0 Å². The van der Waals surface area contributed by atoms with Gasteiger partial charge in [-0.15, -0.1) is 0 Å². The molecular formula is C18H12F2I2O8S. The third kappa shape index (κ3) is 6.11. The van der Waals surface area contributed by atoms with Crippen LogP contribution in [0.2, 0.25) is 0 Å². The monoisotopic (exact) mass is 680 g/mol. The number of hydrogen-bond acceptors (Lipinski definition) is 7. The molecule has 2 aromatic rings. The molecular weight excluding hydrogens is 668 g/mol. The zero-order chi connectivity index (χ0) is 23.6. The van der Waals surface area contributed by atoms with Gasteiger partial charge in [0.2, 0.25) is 0 Å². The average molecular weight is 680 g/mol. The van der Waals surface area contributed by atoms with Crippen LogP contribution in [-0.4, -0.2) is 41.9 Å². The van der Waals surface area contributed by atoms with Gasteiger partial charge in [0, 0.05) is 3.57 Å². The molecule has 166 valence electrons. The third-order valence-electron chi connectivity index (χ3n) is 3.65. The largest absolute Gasteiger partial charge is 0.507 e. The number of carbonyl (C=O) groups excluding carboxylic acids is 2. The second-order valence-corrected chi connectivity index (χ2v) is 9.78. The molecule has 0 aliphatic heterocycles. The van der Waals surface area contributed by atoms with E-state index < -0.39 is 45.2 Å². The van der Waals surface area contributed by atoms with Crippen LogP contribution in [0.5, 0.6) is 11.5 Å². The molecule has 2 aromatic carbocycles. The average Bonchev–Trinajstić information content (AvgIpc) is 2.67. The highest BCUT2D eigenvalue weighted by atomic mass is 127. The summed E-state index contributed by atoms with van der Waals surface area (Å²) in [5.41, 5.74) is -0.201. The first kappa shape index (κ1) is 25.4. The first-order chi connectivity index (χ1) is 14.3. The Morgan fingerprint density at radius 3 is 2.35 bits per heavy atom. The van der Waals surface area contributed by atoms with E-state index in [-0.39, 0.29) is 14.9 Å². The number of hydrogen-bond donors (Lipinski definition) is 2. The van der Waals surface area contributed by atoms with Crippen LogP contribution in [-0.2, 0) is 14.9 Å². The summed E-state index contributed by atoms with van der Waals surface area (Å²) < 4.78 is 66.8. The molecule has 0 unspecified atom stereocenters. The van der Waals surface area contributed by atoms with E-state index >= 15 is 0 Å². The number of aromatic hydroxyl groups is 1. The van der Waals surface area contributed by atoms with Crippen LogP contribution in [0.4, 0.5) is 8.78 Å². The van der Waals surface area contributed by atoms with E-state index in [4.69, 9.17) is 9.29 Å². The summed E-state index contributed by atoms with van der Waals surface area (Å²) in [7, 11) is -5.81. The lowest BCUT2D eigenvalue weighted by Crippen LogP contribution is -2.34. The Hall–Kier alpha value is -1.85. The Kier molecular flexibility index (Phi) is 7.99. The van der Waals surface area contributed by atoms with Crippen molar-refractivity contribution >= 4 is 73.3 Å². The van der Waals surface area contributed by atoms with E-state index in [9.17, 15) is 31.9 Å². The van der Waals surface area contributed by atoms with E-state index in [2.05, 4.69) is 11.3 Å². The molecule has 0 aliphatic carbocycles. The molecule has 0 fully saturated rings. The molecule has 0 atom stereocenters. The smallest absolute Gasteiger partial charge is 0.402 e. The maximum absolute atomic E-state index is 13.4. The van der Waals surface area contributed by atoms with Gasteiger partial charge in [-0.2, -0.15) is 17.2 Å². The first-order valence-electron chi connectivity index (χ1n) is 7.95. The van der Waals surface area contributed by atoms with Gasteiger partial charge >= 0.3 is 27.3 Å². The molecule has 13 heteroatoms. The first-order valence-corrected chi connectivity index (χ1v) is 11.5. The van der Waals surface area contributed by atoms with Gasteiger partial charge in [0.1, 0.15) is 16.9 Å². The van der Waals surface area contributed by atoms with Crippen LogP contribution in [0, 0.1) is 7.14 Å². The quantitative estimate of drug-likeness (QED) is 0.194. The zero-order valence-electron chi connectivity index (χ0n) is 15.1. The number of phenolic OH excluding ortho intramolecular Hbond substituents is 1. The summed E-state index contributed by atoms with van der Waals surface area (Å²) in [6.45, 7) is 1.59. The number of phenols is 1. The van der Waals surface area contributed by atoms with Crippen LogP contribution in [0.25, 0.3) is 6.08 Å². The molecule has 0 radical (unpaired) electrons. The van der Waals surface area contributed by atoms with E-state index in [1.54, 1.807) is 22.6 Å². The molecule has 2 N–H and O–H groups in total.